The number of ether oxygens (including phenoxy) is 2. The third kappa shape index (κ3) is 4.67. The number of carbonyl (C=O) groups excluding carboxylic acids is 1. The van der Waals surface area contributed by atoms with Crippen molar-refractivity contribution < 1.29 is 24.2 Å². The third-order valence-electron chi connectivity index (χ3n) is 4.39. The maximum atomic E-state index is 12.5. The number of halogens is 2. The van der Waals surface area contributed by atoms with Gasteiger partial charge in [0.15, 0.2) is 11.5 Å². The Balaban J connectivity index is 1.83. The van der Waals surface area contributed by atoms with Gasteiger partial charge in [0.2, 0.25) is 0 Å². The third-order valence-corrected chi connectivity index (χ3v) is 4.94. The second kappa shape index (κ2) is 9.07. The fourth-order valence-corrected chi connectivity index (χ4v) is 3.22. The molecule has 0 saturated carbocycles. The van der Waals surface area contributed by atoms with Crippen LogP contribution in [0.2, 0.25) is 10.0 Å². The molecule has 6 nitrogen and oxygen atoms in total. The van der Waals surface area contributed by atoms with E-state index in [-0.39, 0.29) is 21.9 Å². The molecule has 3 rings (SSSR count). The van der Waals surface area contributed by atoms with Crippen LogP contribution < -0.4 is 14.4 Å². The van der Waals surface area contributed by atoms with Crippen LogP contribution in [0.15, 0.2) is 60.7 Å². The van der Waals surface area contributed by atoms with Crippen LogP contribution in [-0.2, 0) is 0 Å². The van der Waals surface area contributed by atoms with E-state index in [1.807, 2.05) is 11.9 Å². The first-order valence-corrected chi connectivity index (χ1v) is 9.48. The Kier molecular flexibility index (Phi) is 6.50. The molecule has 0 bridgehead atoms. The topological polar surface area (TPSA) is 76.1 Å². The number of carboxylic acids is 1. The molecular formula is C22H17Cl2NO5. The molecule has 154 valence electrons. The molecule has 1 N–H and O–H groups in total. The summed E-state index contributed by atoms with van der Waals surface area (Å²) in [6, 6.07) is 16.0. The first-order chi connectivity index (χ1) is 14.3. The molecule has 30 heavy (non-hydrogen) atoms. The minimum Gasteiger partial charge on any atom is -0.493 e. The molecule has 0 heterocycles. The van der Waals surface area contributed by atoms with E-state index in [1.165, 1.54) is 31.4 Å². The molecule has 3 aromatic carbocycles. The molecule has 3 aromatic rings. The van der Waals surface area contributed by atoms with Gasteiger partial charge in [-0.25, -0.2) is 9.59 Å². The lowest BCUT2D eigenvalue weighted by Crippen LogP contribution is -2.12. The van der Waals surface area contributed by atoms with Gasteiger partial charge >= 0.3 is 11.9 Å². The number of carboxylic acid groups (broad SMARTS) is 1. The predicted molar refractivity (Wildman–Crippen MR) is 116 cm³/mol. The lowest BCUT2D eigenvalue weighted by Gasteiger charge is -2.21. The van der Waals surface area contributed by atoms with Crippen molar-refractivity contribution in [3.63, 3.8) is 0 Å². The Morgan fingerprint density at radius 2 is 1.57 bits per heavy atom. The number of anilines is 2. The fraction of sp³-hybridized carbons (Fsp3) is 0.0909. The van der Waals surface area contributed by atoms with Gasteiger partial charge < -0.3 is 19.5 Å². The number of methoxy groups -OCH3 is 1. The van der Waals surface area contributed by atoms with Crippen LogP contribution in [-0.4, -0.2) is 31.2 Å². The summed E-state index contributed by atoms with van der Waals surface area (Å²) in [5, 5.41) is 9.63. The highest BCUT2D eigenvalue weighted by Crippen LogP contribution is 2.35. The van der Waals surface area contributed by atoms with Crippen LogP contribution in [0, 0.1) is 0 Å². The predicted octanol–water partition coefficient (Wildman–Crippen LogP) is 5.69. The molecule has 0 saturated heterocycles. The van der Waals surface area contributed by atoms with E-state index in [2.05, 4.69) is 0 Å². The van der Waals surface area contributed by atoms with Crippen molar-refractivity contribution in [1.82, 2.24) is 0 Å². The van der Waals surface area contributed by atoms with E-state index in [9.17, 15) is 9.59 Å². The molecule has 8 heteroatoms. The molecule has 0 aliphatic rings. The highest BCUT2D eigenvalue weighted by molar-refractivity contribution is 6.36. The lowest BCUT2D eigenvalue weighted by atomic mass is 10.2. The fourth-order valence-electron chi connectivity index (χ4n) is 2.74. The van der Waals surface area contributed by atoms with Crippen molar-refractivity contribution in [3.05, 3.63) is 81.8 Å². The highest BCUT2D eigenvalue weighted by Gasteiger charge is 2.17. The summed E-state index contributed by atoms with van der Waals surface area (Å²) in [5.74, 6) is -1.05. The van der Waals surface area contributed by atoms with Gasteiger partial charge in [0.25, 0.3) is 0 Å². The van der Waals surface area contributed by atoms with Gasteiger partial charge in [-0.15, -0.1) is 0 Å². The molecule has 0 amide bonds. The zero-order chi connectivity index (χ0) is 21.8. The molecule has 0 aromatic heterocycles. The number of hydrogen-bond donors (Lipinski definition) is 1. The van der Waals surface area contributed by atoms with Crippen molar-refractivity contribution in [1.29, 1.82) is 0 Å². The summed E-state index contributed by atoms with van der Waals surface area (Å²) >= 11 is 11.9. The quantitative estimate of drug-likeness (QED) is 0.388. The summed E-state index contributed by atoms with van der Waals surface area (Å²) in [6.45, 7) is 0. The van der Waals surface area contributed by atoms with Crippen LogP contribution in [0.4, 0.5) is 11.4 Å². The summed E-state index contributed by atoms with van der Waals surface area (Å²) in [4.78, 5) is 25.3. The number of esters is 1. The van der Waals surface area contributed by atoms with Crippen molar-refractivity contribution in [2.45, 2.75) is 0 Å². The number of hydrogen-bond acceptors (Lipinski definition) is 5. The maximum absolute atomic E-state index is 12.5. The van der Waals surface area contributed by atoms with Crippen LogP contribution >= 0.6 is 23.2 Å². The Bertz CT molecular complexity index is 1100. The van der Waals surface area contributed by atoms with Gasteiger partial charge in [-0.1, -0.05) is 23.2 Å². The van der Waals surface area contributed by atoms with Crippen molar-refractivity contribution >= 4 is 46.5 Å². The van der Waals surface area contributed by atoms with Gasteiger partial charge in [-0.2, -0.15) is 0 Å². The van der Waals surface area contributed by atoms with Crippen molar-refractivity contribution in [3.8, 4) is 11.5 Å². The maximum Gasteiger partial charge on any atom is 0.345 e. The average molecular weight is 446 g/mol. The van der Waals surface area contributed by atoms with Gasteiger partial charge in [0.1, 0.15) is 0 Å². The Hall–Kier alpha value is -3.22. The summed E-state index contributed by atoms with van der Waals surface area (Å²) in [7, 11) is 3.29. The zero-order valence-electron chi connectivity index (χ0n) is 16.1. The van der Waals surface area contributed by atoms with E-state index >= 15 is 0 Å². The number of carbonyl (C=O) groups is 2. The van der Waals surface area contributed by atoms with E-state index in [0.29, 0.717) is 10.8 Å². The molecule has 0 atom stereocenters. The van der Waals surface area contributed by atoms with Crippen LogP contribution in [0.3, 0.4) is 0 Å². The van der Waals surface area contributed by atoms with Crippen molar-refractivity contribution in [2.75, 3.05) is 19.1 Å². The first-order valence-electron chi connectivity index (χ1n) is 8.72. The molecule has 0 radical (unpaired) electrons. The van der Waals surface area contributed by atoms with Crippen LogP contribution in [0.5, 0.6) is 11.5 Å². The molecule has 0 unspecified atom stereocenters. The normalized spacial score (nSPS) is 10.4. The number of nitrogens with zero attached hydrogens (tertiary/aromatic N) is 1. The second-order valence-corrected chi connectivity index (χ2v) is 7.10. The van der Waals surface area contributed by atoms with Gasteiger partial charge in [-0.3, -0.25) is 0 Å². The summed E-state index contributed by atoms with van der Waals surface area (Å²) in [6.07, 6.45) is 0. The second-order valence-electron chi connectivity index (χ2n) is 6.26. The Morgan fingerprint density at radius 3 is 2.17 bits per heavy atom. The number of rotatable bonds is 6. The Morgan fingerprint density at radius 1 is 0.900 bits per heavy atom. The smallest absolute Gasteiger partial charge is 0.345 e. The van der Waals surface area contributed by atoms with E-state index < -0.39 is 11.9 Å². The zero-order valence-corrected chi connectivity index (χ0v) is 17.6. The van der Waals surface area contributed by atoms with E-state index in [0.717, 1.165) is 11.4 Å². The van der Waals surface area contributed by atoms with Gasteiger partial charge in [0, 0.05) is 29.5 Å². The molecule has 0 aliphatic carbocycles. The van der Waals surface area contributed by atoms with E-state index in [4.69, 9.17) is 37.8 Å². The minimum absolute atomic E-state index is 0.183. The number of aromatic carboxylic acids is 1. The SMILES string of the molecule is COc1cc(N(C)c2ccc(C(=O)O)cc2)ccc1OC(=O)c1ccc(Cl)cc1Cl. The molecule has 0 fully saturated rings. The lowest BCUT2D eigenvalue weighted by molar-refractivity contribution is 0.0694. The van der Waals surface area contributed by atoms with Crippen molar-refractivity contribution in [2.24, 2.45) is 0 Å². The molecule has 0 spiro atoms. The summed E-state index contributed by atoms with van der Waals surface area (Å²) in [5.41, 5.74) is 1.91. The number of benzene rings is 3. The first kappa shape index (κ1) is 21.5. The monoisotopic (exact) mass is 445 g/mol. The molecule has 0 aliphatic heterocycles. The largest absolute Gasteiger partial charge is 0.493 e. The van der Waals surface area contributed by atoms with Gasteiger partial charge in [-0.05, 0) is 54.6 Å². The van der Waals surface area contributed by atoms with E-state index in [1.54, 1.807) is 36.4 Å². The van der Waals surface area contributed by atoms with Crippen LogP contribution in [0.1, 0.15) is 20.7 Å². The minimum atomic E-state index is -0.988. The standard InChI is InChI=1S/C22H17Cl2NO5/c1-25(15-6-3-13(4-7-15)21(26)27)16-8-10-19(20(12-16)29-2)30-22(28)17-9-5-14(23)11-18(17)24/h3-12H,1-2H3,(H,26,27). The average Bonchev–Trinajstić information content (AvgIpc) is 2.73. The van der Waals surface area contributed by atoms with Crippen LogP contribution in [0.25, 0.3) is 0 Å². The van der Waals surface area contributed by atoms with Gasteiger partial charge in [0.05, 0.1) is 23.3 Å². The summed E-state index contributed by atoms with van der Waals surface area (Å²) < 4.78 is 10.8. The highest BCUT2D eigenvalue weighted by atomic mass is 35.5. The molecular weight excluding hydrogens is 429 g/mol. The Labute approximate surface area is 183 Å².